The summed E-state index contributed by atoms with van der Waals surface area (Å²) in [5.74, 6) is -2.69. The van der Waals surface area contributed by atoms with Gasteiger partial charge in [0.1, 0.15) is 11.6 Å². The SMILES string of the molecule is CC(C)C(NS(=O)(=O)c1[nH]ncc1C(=O)O)C(N)=O. The van der Waals surface area contributed by atoms with E-state index < -0.39 is 38.5 Å². The number of carboxylic acid groups (broad SMARTS) is 1. The molecule has 1 aromatic rings. The first-order valence-corrected chi connectivity index (χ1v) is 6.73. The first kappa shape index (κ1) is 15.1. The van der Waals surface area contributed by atoms with Crippen molar-refractivity contribution in [3.05, 3.63) is 11.8 Å². The standard InChI is InChI=1S/C9H14N4O5S/c1-4(2)6(7(10)14)13-19(17,18)8-5(9(15)16)3-11-12-8/h3-4,6,13H,1-2H3,(H2,10,14)(H,11,12)(H,15,16). The highest BCUT2D eigenvalue weighted by molar-refractivity contribution is 7.89. The molecule has 0 aromatic carbocycles. The molecule has 9 nitrogen and oxygen atoms in total. The molecule has 5 N–H and O–H groups in total. The second-order valence-corrected chi connectivity index (χ2v) is 5.81. The maximum absolute atomic E-state index is 12.0. The number of sulfonamides is 1. The van der Waals surface area contributed by atoms with E-state index in [1.807, 2.05) is 0 Å². The highest BCUT2D eigenvalue weighted by Gasteiger charge is 2.30. The van der Waals surface area contributed by atoms with Gasteiger partial charge in [0.05, 0.1) is 6.20 Å². The number of aromatic carboxylic acids is 1. The van der Waals surface area contributed by atoms with Gasteiger partial charge >= 0.3 is 5.97 Å². The van der Waals surface area contributed by atoms with E-state index in [1.54, 1.807) is 13.8 Å². The molecule has 1 amide bonds. The molecule has 1 aromatic heterocycles. The highest BCUT2D eigenvalue weighted by Crippen LogP contribution is 2.13. The van der Waals surface area contributed by atoms with Gasteiger partial charge in [0.15, 0.2) is 5.03 Å². The predicted octanol–water partition coefficient (Wildman–Crippen LogP) is -1.10. The third kappa shape index (κ3) is 3.29. The second-order valence-electron chi connectivity index (χ2n) is 4.16. The summed E-state index contributed by atoms with van der Waals surface area (Å²) < 4.78 is 26.0. The largest absolute Gasteiger partial charge is 0.478 e. The molecule has 1 rings (SSSR count). The van der Waals surface area contributed by atoms with Gasteiger partial charge in [-0.15, -0.1) is 0 Å². The highest BCUT2D eigenvalue weighted by atomic mass is 32.2. The van der Waals surface area contributed by atoms with Crippen molar-refractivity contribution in [2.24, 2.45) is 11.7 Å². The maximum Gasteiger partial charge on any atom is 0.340 e. The summed E-state index contributed by atoms with van der Waals surface area (Å²) in [6.07, 6.45) is 0.867. The van der Waals surface area contributed by atoms with Crippen LogP contribution in [0.1, 0.15) is 24.2 Å². The number of amides is 1. The van der Waals surface area contributed by atoms with E-state index in [9.17, 15) is 18.0 Å². The first-order chi connectivity index (χ1) is 8.66. The van der Waals surface area contributed by atoms with Gasteiger partial charge in [0, 0.05) is 0 Å². The Morgan fingerprint density at radius 3 is 2.47 bits per heavy atom. The zero-order chi connectivity index (χ0) is 14.8. The van der Waals surface area contributed by atoms with Crippen LogP contribution < -0.4 is 10.5 Å². The number of hydrogen-bond acceptors (Lipinski definition) is 5. The molecule has 1 heterocycles. The van der Waals surface area contributed by atoms with Crippen molar-refractivity contribution in [1.82, 2.24) is 14.9 Å². The van der Waals surface area contributed by atoms with Crippen molar-refractivity contribution < 1.29 is 23.1 Å². The Kier molecular flexibility index (Phi) is 4.27. The number of H-pyrrole nitrogens is 1. The van der Waals surface area contributed by atoms with Crippen LogP contribution in [0.3, 0.4) is 0 Å². The van der Waals surface area contributed by atoms with E-state index >= 15 is 0 Å². The molecule has 0 fully saturated rings. The summed E-state index contributed by atoms with van der Waals surface area (Å²) in [4.78, 5) is 22.0. The Hall–Kier alpha value is -1.94. The number of nitrogens with zero attached hydrogens (tertiary/aromatic N) is 1. The Morgan fingerprint density at radius 2 is 2.05 bits per heavy atom. The Balaban J connectivity index is 3.14. The summed E-state index contributed by atoms with van der Waals surface area (Å²) in [5, 5.41) is 13.7. The number of primary amides is 1. The zero-order valence-corrected chi connectivity index (χ0v) is 11.1. The summed E-state index contributed by atoms with van der Waals surface area (Å²) in [6.45, 7) is 3.20. The molecule has 0 bridgehead atoms. The minimum atomic E-state index is -4.23. The molecule has 0 saturated carbocycles. The van der Waals surface area contributed by atoms with Crippen LogP contribution in [0, 0.1) is 5.92 Å². The maximum atomic E-state index is 12.0. The van der Waals surface area contributed by atoms with Crippen LogP contribution in [0.25, 0.3) is 0 Å². The lowest BCUT2D eigenvalue weighted by Gasteiger charge is -2.18. The fraction of sp³-hybridized carbons (Fsp3) is 0.444. The van der Waals surface area contributed by atoms with E-state index in [1.165, 1.54) is 0 Å². The fourth-order valence-electron chi connectivity index (χ4n) is 1.38. The summed E-state index contributed by atoms with van der Waals surface area (Å²) in [6, 6.07) is -1.14. The number of hydrogen-bond donors (Lipinski definition) is 4. The van der Waals surface area contributed by atoms with Gasteiger partial charge < -0.3 is 10.8 Å². The predicted molar refractivity (Wildman–Crippen MR) is 63.7 cm³/mol. The van der Waals surface area contributed by atoms with E-state index in [0.29, 0.717) is 0 Å². The van der Waals surface area contributed by atoms with Crippen LogP contribution in [0.2, 0.25) is 0 Å². The lowest BCUT2D eigenvalue weighted by Crippen LogP contribution is -2.47. The number of nitrogens with one attached hydrogen (secondary N) is 2. The smallest absolute Gasteiger partial charge is 0.340 e. The monoisotopic (exact) mass is 290 g/mol. The topological polar surface area (TPSA) is 155 Å². The van der Waals surface area contributed by atoms with Crippen LogP contribution in [-0.2, 0) is 14.8 Å². The lowest BCUT2D eigenvalue weighted by atomic mass is 10.1. The molecule has 0 radical (unpaired) electrons. The van der Waals surface area contributed by atoms with Crippen molar-refractivity contribution in [3.8, 4) is 0 Å². The molecule has 1 unspecified atom stereocenters. The molecule has 0 spiro atoms. The van der Waals surface area contributed by atoms with Gasteiger partial charge in [0.25, 0.3) is 10.0 Å². The zero-order valence-electron chi connectivity index (χ0n) is 10.2. The van der Waals surface area contributed by atoms with Crippen molar-refractivity contribution in [3.63, 3.8) is 0 Å². The van der Waals surface area contributed by atoms with Crippen LogP contribution >= 0.6 is 0 Å². The van der Waals surface area contributed by atoms with Crippen molar-refractivity contribution >= 4 is 21.9 Å². The molecule has 0 aliphatic carbocycles. The average molecular weight is 290 g/mol. The summed E-state index contributed by atoms with van der Waals surface area (Å²) in [7, 11) is -4.23. The van der Waals surface area contributed by atoms with Gasteiger partial charge in [0.2, 0.25) is 5.91 Å². The van der Waals surface area contributed by atoms with Gasteiger partial charge in [-0.3, -0.25) is 9.89 Å². The average Bonchev–Trinajstić information content (AvgIpc) is 2.74. The molecule has 0 aliphatic heterocycles. The second kappa shape index (κ2) is 5.36. The third-order valence-corrected chi connectivity index (χ3v) is 3.77. The summed E-state index contributed by atoms with van der Waals surface area (Å²) >= 11 is 0. The van der Waals surface area contributed by atoms with E-state index in [2.05, 4.69) is 14.9 Å². The molecule has 0 saturated heterocycles. The lowest BCUT2D eigenvalue weighted by molar-refractivity contribution is -0.120. The fourth-order valence-corrected chi connectivity index (χ4v) is 2.82. The first-order valence-electron chi connectivity index (χ1n) is 5.25. The minimum absolute atomic E-state index is 0.386. The van der Waals surface area contributed by atoms with Gasteiger partial charge in [-0.25, -0.2) is 13.2 Å². The summed E-state index contributed by atoms with van der Waals surface area (Å²) in [5.41, 5.74) is 4.57. The number of carbonyl (C=O) groups is 2. The van der Waals surface area contributed by atoms with Crippen molar-refractivity contribution in [1.29, 1.82) is 0 Å². The number of aromatic nitrogens is 2. The van der Waals surface area contributed by atoms with Crippen molar-refractivity contribution in [2.45, 2.75) is 24.9 Å². The number of nitrogens with two attached hydrogens (primary N) is 1. The van der Waals surface area contributed by atoms with Gasteiger partial charge in [-0.2, -0.15) is 9.82 Å². The van der Waals surface area contributed by atoms with E-state index in [0.717, 1.165) is 6.20 Å². The van der Waals surface area contributed by atoms with E-state index in [-0.39, 0.29) is 5.92 Å². The van der Waals surface area contributed by atoms with Crippen LogP contribution in [0.15, 0.2) is 11.2 Å². The van der Waals surface area contributed by atoms with Crippen LogP contribution in [0.5, 0.6) is 0 Å². The van der Waals surface area contributed by atoms with Crippen LogP contribution in [-0.4, -0.2) is 41.6 Å². The van der Waals surface area contributed by atoms with Crippen molar-refractivity contribution in [2.75, 3.05) is 0 Å². The molecular formula is C9H14N4O5S. The van der Waals surface area contributed by atoms with E-state index in [4.69, 9.17) is 10.8 Å². The molecular weight excluding hydrogens is 276 g/mol. The number of carbonyl (C=O) groups excluding carboxylic acids is 1. The number of carboxylic acids is 1. The number of rotatable bonds is 6. The number of aromatic amines is 1. The molecule has 19 heavy (non-hydrogen) atoms. The van der Waals surface area contributed by atoms with Crippen LogP contribution in [0.4, 0.5) is 0 Å². The third-order valence-electron chi connectivity index (χ3n) is 2.36. The quantitative estimate of drug-likeness (QED) is 0.521. The Morgan fingerprint density at radius 1 is 1.47 bits per heavy atom. The van der Waals surface area contributed by atoms with Gasteiger partial charge in [-0.05, 0) is 5.92 Å². The van der Waals surface area contributed by atoms with Gasteiger partial charge in [-0.1, -0.05) is 13.8 Å². The normalized spacial score (nSPS) is 13.4. The molecule has 106 valence electrons. The molecule has 10 heteroatoms. The molecule has 0 aliphatic rings. The Bertz CT molecular complexity index is 592. The minimum Gasteiger partial charge on any atom is -0.478 e. The Labute approximate surface area is 109 Å². The molecule has 1 atom stereocenters.